The molecule has 4 aromatic carbocycles. The van der Waals surface area contributed by atoms with Crippen molar-refractivity contribution in [3.63, 3.8) is 0 Å². The lowest BCUT2D eigenvalue weighted by Crippen LogP contribution is -2.70. The summed E-state index contributed by atoms with van der Waals surface area (Å²) in [5.41, 5.74) is 5.88. The normalized spacial score (nSPS) is 22.8. The molecule has 0 aromatic heterocycles. The summed E-state index contributed by atoms with van der Waals surface area (Å²) in [5, 5.41) is 24.8. The predicted octanol–water partition coefficient (Wildman–Crippen LogP) is 10.3. The van der Waals surface area contributed by atoms with Gasteiger partial charge in [0.25, 0.3) is 0 Å². The van der Waals surface area contributed by atoms with Gasteiger partial charge in [0.2, 0.25) is 11.7 Å². The molecule has 0 spiro atoms. The molecule has 2 aliphatic carbocycles. The van der Waals surface area contributed by atoms with Gasteiger partial charge >= 0.3 is 0 Å². The summed E-state index contributed by atoms with van der Waals surface area (Å²) in [4.78, 5) is 22.7. The van der Waals surface area contributed by atoms with E-state index in [1.165, 1.54) is 0 Å². The molecule has 2 N–H and O–H groups in total. The number of fused-ring (bicyclic) bond motifs is 2. The highest BCUT2D eigenvalue weighted by Gasteiger charge is 2.65. The Balaban J connectivity index is 1.38. The molecular formula is C53H64N2O8. The van der Waals surface area contributed by atoms with Crippen molar-refractivity contribution in [2.45, 2.75) is 89.4 Å². The molecule has 6 unspecified atom stereocenters. The molecule has 334 valence electrons. The molecule has 1 heterocycles. The maximum absolute atomic E-state index is 14.9. The predicted molar refractivity (Wildman–Crippen MR) is 247 cm³/mol. The number of unbranched alkanes of at least 4 members (excludes halogenated alkanes) is 2. The minimum atomic E-state index is -1.33. The highest BCUT2D eigenvalue weighted by molar-refractivity contribution is 6.03. The van der Waals surface area contributed by atoms with Gasteiger partial charge in [0.05, 0.1) is 31.8 Å². The van der Waals surface area contributed by atoms with E-state index in [0.29, 0.717) is 61.8 Å². The summed E-state index contributed by atoms with van der Waals surface area (Å²) >= 11 is 0. The molecule has 1 aliphatic heterocycles. The number of rotatable bonds is 22. The van der Waals surface area contributed by atoms with Crippen molar-refractivity contribution in [1.29, 1.82) is 0 Å². The Bertz CT molecular complexity index is 2190. The van der Waals surface area contributed by atoms with Gasteiger partial charge < -0.3 is 38.9 Å². The van der Waals surface area contributed by atoms with Gasteiger partial charge in [-0.2, -0.15) is 0 Å². The number of carbonyl (C=O) groups excluding carboxylic acids is 1. The lowest BCUT2D eigenvalue weighted by molar-refractivity contribution is -0.257. The quantitative estimate of drug-likeness (QED) is 0.0456. The third-order valence-corrected chi connectivity index (χ3v) is 12.8. The Labute approximate surface area is 373 Å². The largest absolute Gasteiger partial charge is 0.497 e. The fourth-order valence-electron chi connectivity index (χ4n) is 10.1. The molecule has 3 aliphatic rings. The topological polar surface area (TPSA) is 119 Å². The first kappa shape index (κ1) is 45.6. The molecule has 0 radical (unpaired) electrons. The Morgan fingerprint density at radius 3 is 2.35 bits per heavy atom. The molecule has 7 rings (SSSR count). The van der Waals surface area contributed by atoms with Gasteiger partial charge in [0, 0.05) is 37.7 Å². The highest BCUT2D eigenvalue weighted by atomic mass is 16.7. The number of aliphatic hydroxyl groups is 2. The Hall–Kier alpha value is -5.42. The zero-order valence-electron chi connectivity index (χ0n) is 37.1. The van der Waals surface area contributed by atoms with E-state index >= 15 is 0 Å². The zero-order chi connectivity index (χ0) is 44.2. The van der Waals surface area contributed by atoms with Crippen LogP contribution in [0.1, 0.15) is 82.3 Å². The van der Waals surface area contributed by atoms with Crippen molar-refractivity contribution >= 4 is 11.6 Å². The van der Waals surface area contributed by atoms with Crippen LogP contribution in [0, 0.1) is 17.8 Å². The lowest BCUT2D eigenvalue weighted by Gasteiger charge is -2.60. The lowest BCUT2D eigenvalue weighted by atomic mass is 9.55. The Morgan fingerprint density at radius 2 is 1.63 bits per heavy atom. The van der Waals surface area contributed by atoms with Gasteiger partial charge in [-0.1, -0.05) is 91.7 Å². The van der Waals surface area contributed by atoms with Crippen LogP contribution in [0.25, 0.3) is 11.1 Å². The summed E-state index contributed by atoms with van der Waals surface area (Å²) < 4.78 is 26.7. The molecule has 10 nitrogen and oxygen atoms in total. The second kappa shape index (κ2) is 21.8. The molecule has 6 atom stereocenters. The molecular weight excluding hydrogens is 793 g/mol. The average molecular weight is 857 g/mol. The van der Waals surface area contributed by atoms with Crippen molar-refractivity contribution in [1.82, 2.24) is 4.90 Å². The molecule has 4 aromatic rings. The molecule has 0 saturated heterocycles. The first-order chi connectivity index (χ1) is 30.9. The summed E-state index contributed by atoms with van der Waals surface area (Å²) in [6.07, 6.45) is 10.1. The molecule has 1 fully saturated rings. The van der Waals surface area contributed by atoms with Crippen molar-refractivity contribution in [3.05, 3.63) is 132 Å². The number of hydrogen-bond donors (Lipinski definition) is 2. The molecule has 10 heteroatoms. The number of benzene rings is 4. The van der Waals surface area contributed by atoms with Crippen LogP contribution in [0.2, 0.25) is 0 Å². The van der Waals surface area contributed by atoms with Gasteiger partial charge in [-0.15, -0.1) is 6.58 Å². The maximum atomic E-state index is 14.9. The maximum Gasteiger partial charge on any atom is 0.239 e. The van der Waals surface area contributed by atoms with Crippen LogP contribution in [0.15, 0.2) is 127 Å². The van der Waals surface area contributed by atoms with Gasteiger partial charge in [-0.25, -0.2) is 0 Å². The third kappa shape index (κ3) is 10.2. The van der Waals surface area contributed by atoms with Crippen LogP contribution in [-0.2, 0) is 20.8 Å². The van der Waals surface area contributed by atoms with Crippen molar-refractivity contribution in [3.8, 4) is 34.1 Å². The van der Waals surface area contributed by atoms with Gasteiger partial charge in [0.1, 0.15) is 35.6 Å². The summed E-state index contributed by atoms with van der Waals surface area (Å²) in [6.45, 7) is 9.36. The van der Waals surface area contributed by atoms with Crippen LogP contribution < -0.4 is 14.2 Å². The minimum Gasteiger partial charge on any atom is -0.497 e. The summed E-state index contributed by atoms with van der Waals surface area (Å²) in [5.74, 6) is 1.05. The number of nitrogens with zero attached hydrogens (tertiary/aromatic N) is 2. The van der Waals surface area contributed by atoms with E-state index < -0.39 is 17.7 Å². The van der Waals surface area contributed by atoms with E-state index in [1.54, 1.807) is 13.2 Å². The van der Waals surface area contributed by atoms with Crippen LogP contribution in [0.5, 0.6) is 23.0 Å². The first-order valence-corrected chi connectivity index (χ1v) is 22.8. The number of methoxy groups -OCH3 is 1. The van der Waals surface area contributed by atoms with Crippen LogP contribution in [-0.4, -0.2) is 78.6 Å². The monoisotopic (exact) mass is 856 g/mol. The average Bonchev–Trinajstić information content (AvgIpc) is 3.31. The van der Waals surface area contributed by atoms with E-state index in [2.05, 4.69) is 49.9 Å². The van der Waals surface area contributed by atoms with E-state index in [0.717, 1.165) is 59.2 Å². The summed E-state index contributed by atoms with van der Waals surface area (Å²) in [7, 11) is 1.63. The van der Waals surface area contributed by atoms with Gasteiger partial charge in [-0.05, 0) is 116 Å². The van der Waals surface area contributed by atoms with Crippen molar-refractivity contribution < 1.29 is 38.8 Å². The number of allylic oxidation sites excluding steroid dienone is 1. The fourth-order valence-corrected chi connectivity index (χ4v) is 10.1. The third-order valence-electron chi connectivity index (χ3n) is 12.8. The van der Waals surface area contributed by atoms with Crippen LogP contribution >= 0.6 is 0 Å². The van der Waals surface area contributed by atoms with E-state index in [-0.39, 0.29) is 49.9 Å². The van der Waals surface area contributed by atoms with E-state index in [1.807, 2.05) is 78.6 Å². The van der Waals surface area contributed by atoms with Crippen LogP contribution in [0.4, 0.5) is 0 Å². The first-order valence-electron chi connectivity index (χ1n) is 22.8. The number of aliphatic hydroxyl groups excluding tert-OH is 2. The standard InChI is InChI=1S/C53H64N2O8/c1-5-28-55(50(58)33-37-16-15-20-42(32-37)59-4)49-36-47(54-61-7-3)45-34-40(19-11-13-29-56)44(21-12-14-30-57)51-46-35-43(26-27-48(46)63-53(49,52(45)51)60-31-6-2)62-41-24-22-39(23-25-41)38-17-9-8-10-18-38/h6,8-10,15-18,20,22-27,32,34-35,40,44,49,51-52,56-57H,2,5,7,11-14,19,21,28-31,33,36H2,1,3-4H3. The number of oxime groups is 1. The van der Waals surface area contributed by atoms with Crippen LogP contribution in [0.3, 0.4) is 0 Å². The molecule has 1 amide bonds. The van der Waals surface area contributed by atoms with Crippen molar-refractivity contribution in [2.24, 2.45) is 22.9 Å². The number of hydrogen-bond acceptors (Lipinski definition) is 9. The number of ether oxygens (including phenoxy) is 4. The SMILES string of the molecule is C=CCOC12Oc3ccc(Oc4ccc(-c5ccccc5)cc4)cc3C3C(CCCCO)C(CCCCO)C=C(C(=NOCC)CC1N(CCC)C(=O)Cc1cccc(OC)c1)C32. The second-order valence-corrected chi connectivity index (χ2v) is 16.8. The summed E-state index contributed by atoms with van der Waals surface area (Å²) in [6, 6.07) is 31.5. The number of amides is 1. The van der Waals surface area contributed by atoms with Crippen molar-refractivity contribution in [2.75, 3.05) is 40.1 Å². The Kier molecular flexibility index (Phi) is 15.8. The highest BCUT2D eigenvalue weighted by Crippen LogP contribution is 2.62. The zero-order valence-corrected chi connectivity index (χ0v) is 37.1. The number of carbonyl (C=O) groups is 1. The van der Waals surface area contributed by atoms with Gasteiger partial charge in [0.15, 0.2) is 0 Å². The van der Waals surface area contributed by atoms with E-state index in [9.17, 15) is 15.0 Å². The Morgan fingerprint density at radius 1 is 0.889 bits per heavy atom. The molecule has 63 heavy (non-hydrogen) atoms. The minimum absolute atomic E-state index is 0.0509. The molecule has 1 saturated carbocycles. The molecule has 0 bridgehead atoms. The second-order valence-electron chi connectivity index (χ2n) is 16.8. The van der Waals surface area contributed by atoms with Gasteiger partial charge in [-0.3, -0.25) is 4.79 Å². The smallest absolute Gasteiger partial charge is 0.239 e. The van der Waals surface area contributed by atoms with E-state index in [4.69, 9.17) is 28.9 Å². The fraction of sp³-hybridized carbons (Fsp3) is 0.434.